The third-order valence-corrected chi connectivity index (χ3v) is 3.13. The van der Waals surface area contributed by atoms with Gasteiger partial charge in [0, 0.05) is 19.5 Å². The number of nitrogens with zero attached hydrogens (tertiary/aromatic N) is 1. The zero-order chi connectivity index (χ0) is 11.1. The minimum absolute atomic E-state index is 0.387. The van der Waals surface area contributed by atoms with Crippen LogP contribution in [0.25, 0.3) is 0 Å². The van der Waals surface area contributed by atoms with E-state index in [9.17, 15) is 4.79 Å². The van der Waals surface area contributed by atoms with Crippen molar-refractivity contribution in [3.8, 4) is 0 Å². The van der Waals surface area contributed by atoms with Gasteiger partial charge < -0.3 is 4.90 Å². The molecule has 0 radical (unpaired) electrons. The Kier molecular flexibility index (Phi) is 5.74. The first kappa shape index (κ1) is 12.5. The lowest BCUT2D eigenvalue weighted by Gasteiger charge is -2.26. The molecule has 0 aromatic rings. The van der Waals surface area contributed by atoms with Gasteiger partial charge >= 0.3 is 0 Å². The van der Waals surface area contributed by atoms with Gasteiger partial charge in [-0.2, -0.15) is 0 Å². The molecule has 0 N–H and O–H groups in total. The quantitative estimate of drug-likeness (QED) is 0.639. The Morgan fingerprint density at radius 1 is 1.13 bits per heavy atom. The predicted molar refractivity (Wildman–Crippen MR) is 63.7 cm³/mol. The number of unbranched alkanes of at least 4 members (excludes halogenated alkanes) is 1. The number of piperidine rings is 1. The van der Waals surface area contributed by atoms with E-state index in [-0.39, 0.29) is 0 Å². The Morgan fingerprint density at radius 2 is 1.80 bits per heavy atom. The maximum absolute atomic E-state index is 11.8. The third kappa shape index (κ3) is 5.19. The van der Waals surface area contributed by atoms with Crippen LogP contribution >= 0.6 is 0 Å². The van der Waals surface area contributed by atoms with E-state index in [1.807, 2.05) is 0 Å². The summed E-state index contributed by atoms with van der Waals surface area (Å²) in [5.74, 6) is 1.16. The summed E-state index contributed by atoms with van der Waals surface area (Å²) in [4.78, 5) is 13.8. The van der Waals surface area contributed by atoms with Crippen LogP contribution < -0.4 is 0 Å². The Morgan fingerprint density at radius 3 is 2.40 bits per heavy atom. The van der Waals surface area contributed by atoms with Crippen molar-refractivity contribution >= 4 is 5.91 Å². The molecule has 0 aromatic heterocycles. The summed E-state index contributed by atoms with van der Waals surface area (Å²) >= 11 is 0. The van der Waals surface area contributed by atoms with Crippen LogP contribution in [-0.2, 0) is 4.79 Å². The van der Waals surface area contributed by atoms with Gasteiger partial charge in [0.2, 0.25) is 5.91 Å². The molecule has 1 heterocycles. The predicted octanol–water partition coefficient (Wildman–Crippen LogP) is 3.22. The van der Waals surface area contributed by atoms with Gasteiger partial charge in [-0.25, -0.2) is 0 Å². The summed E-state index contributed by atoms with van der Waals surface area (Å²) < 4.78 is 0. The number of hydrogen-bond acceptors (Lipinski definition) is 1. The third-order valence-electron chi connectivity index (χ3n) is 3.13. The van der Waals surface area contributed by atoms with Crippen LogP contribution in [0.1, 0.15) is 58.8 Å². The van der Waals surface area contributed by atoms with Crippen molar-refractivity contribution in [2.24, 2.45) is 5.92 Å². The van der Waals surface area contributed by atoms with Gasteiger partial charge in [0.15, 0.2) is 0 Å². The van der Waals surface area contributed by atoms with E-state index >= 15 is 0 Å². The summed E-state index contributed by atoms with van der Waals surface area (Å²) in [6, 6.07) is 0. The molecule has 0 saturated carbocycles. The summed E-state index contributed by atoms with van der Waals surface area (Å²) in [5, 5.41) is 0. The van der Waals surface area contributed by atoms with Crippen molar-refractivity contribution in [2.75, 3.05) is 13.1 Å². The molecule has 1 saturated heterocycles. The fraction of sp³-hybridized carbons (Fsp3) is 0.923. The fourth-order valence-corrected chi connectivity index (χ4v) is 2.13. The SMILES string of the molecule is CC(C)CCCCC(=O)N1CCCCC1. The van der Waals surface area contributed by atoms with Crippen LogP contribution in [0.3, 0.4) is 0 Å². The largest absolute Gasteiger partial charge is 0.343 e. The molecule has 1 amide bonds. The molecule has 1 fully saturated rings. The van der Waals surface area contributed by atoms with Gasteiger partial charge in [-0.05, 0) is 31.6 Å². The van der Waals surface area contributed by atoms with Crippen LogP contribution in [-0.4, -0.2) is 23.9 Å². The van der Waals surface area contributed by atoms with Gasteiger partial charge in [0.1, 0.15) is 0 Å². The molecule has 88 valence electrons. The molecule has 0 aromatic carbocycles. The topological polar surface area (TPSA) is 20.3 Å². The molecule has 1 rings (SSSR count). The average Bonchev–Trinajstić information content (AvgIpc) is 2.25. The molecular weight excluding hydrogens is 186 g/mol. The second-order valence-corrected chi connectivity index (χ2v) is 5.08. The first-order chi connectivity index (χ1) is 7.20. The highest BCUT2D eigenvalue weighted by molar-refractivity contribution is 5.76. The van der Waals surface area contributed by atoms with Gasteiger partial charge in [-0.15, -0.1) is 0 Å². The van der Waals surface area contributed by atoms with Crippen molar-refractivity contribution in [3.05, 3.63) is 0 Å². The number of carbonyl (C=O) groups is 1. The monoisotopic (exact) mass is 211 g/mol. The lowest BCUT2D eigenvalue weighted by molar-refractivity contribution is -0.132. The summed E-state index contributed by atoms with van der Waals surface area (Å²) in [6.07, 6.45) is 8.03. The molecule has 0 spiro atoms. The number of likely N-dealkylation sites (tertiary alicyclic amines) is 1. The molecule has 0 aliphatic carbocycles. The minimum atomic E-state index is 0.387. The van der Waals surface area contributed by atoms with Crippen LogP contribution in [0.15, 0.2) is 0 Å². The van der Waals surface area contributed by atoms with E-state index < -0.39 is 0 Å². The van der Waals surface area contributed by atoms with Crippen LogP contribution in [0.2, 0.25) is 0 Å². The zero-order valence-corrected chi connectivity index (χ0v) is 10.3. The first-order valence-corrected chi connectivity index (χ1v) is 6.48. The summed E-state index contributed by atoms with van der Waals surface area (Å²) in [6.45, 7) is 6.49. The Bertz CT molecular complexity index is 183. The summed E-state index contributed by atoms with van der Waals surface area (Å²) in [5.41, 5.74) is 0. The molecule has 2 nitrogen and oxygen atoms in total. The number of amides is 1. The molecule has 0 atom stereocenters. The zero-order valence-electron chi connectivity index (χ0n) is 10.3. The maximum atomic E-state index is 11.8. The van der Waals surface area contributed by atoms with E-state index in [1.165, 1.54) is 32.1 Å². The van der Waals surface area contributed by atoms with Crippen molar-refractivity contribution in [2.45, 2.75) is 58.8 Å². The van der Waals surface area contributed by atoms with E-state index in [4.69, 9.17) is 0 Å². The molecule has 1 aliphatic heterocycles. The molecule has 2 heteroatoms. The Balaban J connectivity index is 2.07. The van der Waals surface area contributed by atoms with Crippen LogP contribution in [0, 0.1) is 5.92 Å². The lowest BCUT2D eigenvalue weighted by Crippen LogP contribution is -2.35. The van der Waals surface area contributed by atoms with Crippen molar-refractivity contribution in [3.63, 3.8) is 0 Å². The highest BCUT2D eigenvalue weighted by Gasteiger charge is 2.15. The van der Waals surface area contributed by atoms with Crippen molar-refractivity contribution < 1.29 is 4.79 Å². The van der Waals surface area contributed by atoms with Gasteiger partial charge in [-0.3, -0.25) is 4.79 Å². The summed E-state index contributed by atoms with van der Waals surface area (Å²) in [7, 11) is 0. The maximum Gasteiger partial charge on any atom is 0.222 e. The minimum Gasteiger partial charge on any atom is -0.343 e. The molecule has 1 aliphatic rings. The second-order valence-electron chi connectivity index (χ2n) is 5.08. The van der Waals surface area contributed by atoms with Crippen LogP contribution in [0.4, 0.5) is 0 Å². The first-order valence-electron chi connectivity index (χ1n) is 6.48. The second kappa shape index (κ2) is 6.86. The van der Waals surface area contributed by atoms with E-state index in [0.29, 0.717) is 5.91 Å². The Labute approximate surface area is 94.0 Å². The van der Waals surface area contributed by atoms with E-state index in [1.54, 1.807) is 0 Å². The standard InChI is InChI=1S/C13H25NO/c1-12(2)8-4-5-9-13(15)14-10-6-3-7-11-14/h12H,3-11H2,1-2H3. The van der Waals surface area contributed by atoms with Crippen LogP contribution in [0.5, 0.6) is 0 Å². The van der Waals surface area contributed by atoms with Gasteiger partial charge in [-0.1, -0.05) is 26.7 Å². The molecule has 15 heavy (non-hydrogen) atoms. The Hall–Kier alpha value is -0.530. The number of hydrogen-bond donors (Lipinski definition) is 0. The molecule has 0 bridgehead atoms. The highest BCUT2D eigenvalue weighted by atomic mass is 16.2. The number of carbonyl (C=O) groups excluding carboxylic acids is 1. The van der Waals surface area contributed by atoms with Gasteiger partial charge in [0.25, 0.3) is 0 Å². The highest BCUT2D eigenvalue weighted by Crippen LogP contribution is 2.13. The van der Waals surface area contributed by atoms with Crippen molar-refractivity contribution in [1.29, 1.82) is 0 Å². The van der Waals surface area contributed by atoms with E-state index in [0.717, 1.165) is 31.8 Å². The smallest absolute Gasteiger partial charge is 0.222 e. The van der Waals surface area contributed by atoms with Gasteiger partial charge in [0.05, 0.1) is 0 Å². The molecular formula is C13H25NO. The average molecular weight is 211 g/mol. The fourth-order valence-electron chi connectivity index (χ4n) is 2.13. The van der Waals surface area contributed by atoms with E-state index in [2.05, 4.69) is 18.7 Å². The molecule has 0 unspecified atom stereocenters. The number of rotatable bonds is 5. The van der Waals surface area contributed by atoms with Crippen molar-refractivity contribution in [1.82, 2.24) is 4.90 Å². The normalized spacial score (nSPS) is 17.1. The lowest BCUT2D eigenvalue weighted by atomic mass is 10.0.